The summed E-state index contributed by atoms with van der Waals surface area (Å²) in [6.07, 6.45) is 1.66. The lowest BCUT2D eigenvalue weighted by Crippen LogP contribution is -2.00. The molecule has 1 aliphatic rings. The van der Waals surface area contributed by atoms with E-state index >= 15 is 0 Å². The number of fused-ring (bicyclic) bond motifs is 1. The number of hydrogen-bond acceptors (Lipinski definition) is 3. The van der Waals surface area contributed by atoms with Crippen LogP contribution in [0.15, 0.2) is 36.1 Å². The molecule has 3 rings (SSSR count). The lowest BCUT2D eigenvalue weighted by molar-refractivity contribution is 0.101. The molecule has 0 aliphatic carbocycles. The largest absolute Gasteiger partial charge is 0.508 e. The number of phenolic OH excluding ortho intramolecular Hbond substituents is 1. The fraction of sp³-hybridized carbons (Fsp3) is 0.118. The summed E-state index contributed by atoms with van der Waals surface area (Å²) in [5, 5.41) is 9.87. The van der Waals surface area contributed by atoms with Gasteiger partial charge in [-0.15, -0.1) is 0 Å². The number of ketones is 1. The highest BCUT2D eigenvalue weighted by Crippen LogP contribution is 2.39. The molecule has 1 aliphatic heterocycles. The van der Waals surface area contributed by atoms with E-state index in [4.69, 9.17) is 16.3 Å². The Morgan fingerprint density at radius 1 is 1.19 bits per heavy atom. The number of carbonyl (C=O) groups excluding carboxylic acids is 1. The molecule has 106 valence electrons. The molecule has 0 bridgehead atoms. The Labute approximate surface area is 127 Å². The Balaban J connectivity index is 2.04. The highest BCUT2D eigenvalue weighted by molar-refractivity contribution is 6.33. The van der Waals surface area contributed by atoms with E-state index in [1.807, 2.05) is 13.8 Å². The Bertz CT molecular complexity index is 774. The fourth-order valence-electron chi connectivity index (χ4n) is 2.39. The standard InChI is InChI=1S/C17H13ClO3/c1-9-7-13-15(10(2)16(9)18)17(20)14(21-13)8-11-3-5-12(19)6-4-11/h3-8,19H,1-2H3. The predicted molar refractivity (Wildman–Crippen MR) is 82.0 cm³/mol. The van der Waals surface area contributed by atoms with Crippen molar-refractivity contribution in [2.75, 3.05) is 0 Å². The number of rotatable bonds is 1. The summed E-state index contributed by atoms with van der Waals surface area (Å²) in [5.74, 6) is 0.819. The van der Waals surface area contributed by atoms with Crippen LogP contribution in [0.4, 0.5) is 0 Å². The van der Waals surface area contributed by atoms with Gasteiger partial charge in [0.15, 0.2) is 5.76 Å². The highest BCUT2D eigenvalue weighted by atomic mass is 35.5. The average Bonchev–Trinajstić information content (AvgIpc) is 2.75. The van der Waals surface area contributed by atoms with Gasteiger partial charge in [0.05, 0.1) is 5.56 Å². The number of halogens is 1. The van der Waals surface area contributed by atoms with Gasteiger partial charge in [0.2, 0.25) is 5.78 Å². The summed E-state index contributed by atoms with van der Waals surface area (Å²) in [5.41, 5.74) is 2.93. The third-order valence-corrected chi connectivity index (χ3v) is 4.09. The number of allylic oxidation sites excluding steroid dienone is 1. The van der Waals surface area contributed by atoms with Crippen molar-refractivity contribution < 1.29 is 14.6 Å². The van der Waals surface area contributed by atoms with Gasteiger partial charge in [-0.25, -0.2) is 0 Å². The van der Waals surface area contributed by atoms with E-state index in [1.54, 1.807) is 36.4 Å². The van der Waals surface area contributed by atoms with Crippen LogP contribution >= 0.6 is 11.6 Å². The molecule has 0 fully saturated rings. The van der Waals surface area contributed by atoms with Gasteiger partial charge in [-0.3, -0.25) is 4.79 Å². The predicted octanol–water partition coefficient (Wildman–Crippen LogP) is 4.28. The van der Waals surface area contributed by atoms with E-state index in [0.717, 1.165) is 16.7 Å². The zero-order valence-corrected chi connectivity index (χ0v) is 12.4. The first-order valence-electron chi connectivity index (χ1n) is 6.50. The maximum absolute atomic E-state index is 12.5. The summed E-state index contributed by atoms with van der Waals surface area (Å²) >= 11 is 6.20. The molecule has 0 spiro atoms. The quantitative estimate of drug-likeness (QED) is 0.800. The van der Waals surface area contributed by atoms with Crippen molar-refractivity contribution in [1.29, 1.82) is 0 Å². The topological polar surface area (TPSA) is 46.5 Å². The molecule has 0 saturated carbocycles. The third-order valence-electron chi connectivity index (χ3n) is 3.51. The van der Waals surface area contributed by atoms with Gasteiger partial charge >= 0.3 is 0 Å². The number of carbonyl (C=O) groups is 1. The van der Waals surface area contributed by atoms with Crippen LogP contribution in [0.3, 0.4) is 0 Å². The Morgan fingerprint density at radius 3 is 2.52 bits per heavy atom. The van der Waals surface area contributed by atoms with Crippen LogP contribution in [0, 0.1) is 13.8 Å². The minimum absolute atomic E-state index is 0.169. The smallest absolute Gasteiger partial charge is 0.232 e. The van der Waals surface area contributed by atoms with Gasteiger partial charge in [-0.2, -0.15) is 0 Å². The van der Waals surface area contributed by atoms with Crippen molar-refractivity contribution in [3.63, 3.8) is 0 Å². The lowest BCUT2D eigenvalue weighted by Gasteiger charge is -2.05. The van der Waals surface area contributed by atoms with Gasteiger partial charge in [-0.05, 0) is 54.8 Å². The number of phenols is 1. The van der Waals surface area contributed by atoms with Crippen LogP contribution in [0.2, 0.25) is 5.02 Å². The normalized spacial score (nSPS) is 15.2. The summed E-state index contributed by atoms with van der Waals surface area (Å²) in [7, 11) is 0. The van der Waals surface area contributed by atoms with Gasteiger partial charge in [-0.1, -0.05) is 23.7 Å². The van der Waals surface area contributed by atoms with E-state index in [1.165, 1.54) is 0 Å². The molecule has 21 heavy (non-hydrogen) atoms. The Kier molecular flexibility index (Phi) is 3.22. The summed E-state index contributed by atoms with van der Waals surface area (Å²) in [6, 6.07) is 8.33. The monoisotopic (exact) mass is 300 g/mol. The molecule has 1 N–H and O–H groups in total. The van der Waals surface area contributed by atoms with E-state index in [2.05, 4.69) is 0 Å². The maximum atomic E-state index is 12.5. The van der Waals surface area contributed by atoms with Crippen LogP contribution in [-0.2, 0) is 0 Å². The van der Waals surface area contributed by atoms with Gasteiger partial charge < -0.3 is 9.84 Å². The molecule has 0 amide bonds. The number of benzene rings is 2. The number of Topliss-reactive ketones (excluding diaryl/α,β-unsaturated/α-hetero) is 1. The number of ether oxygens (including phenoxy) is 1. The zero-order chi connectivity index (χ0) is 15.1. The third kappa shape index (κ3) is 2.30. The molecule has 0 atom stereocenters. The van der Waals surface area contributed by atoms with Gasteiger partial charge in [0.25, 0.3) is 0 Å². The van der Waals surface area contributed by atoms with Crippen molar-refractivity contribution in [2.45, 2.75) is 13.8 Å². The molecular weight excluding hydrogens is 288 g/mol. The molecule has 4 heteroatoms. The molecule has 0 radical (unpaired) electrons. The van der Waals surface area contributed by atoms with E-state index < -0.39 is 0 Å². The van der Waals surface area contributed by atoms with Crippen LogP contribution in [0.5, 0.6) is 11.5 Å². The van der Waals surface area contributed by atoms with Crippen molar-refractivity contribution in [3.8, 4) is 11.5 Å². The van der Waals surface area contributed by atoms with Crippen molar-refractivity contribution in [2.24, 2.45) is 0 Å². The SMILES string of the molecule is Cc1cc2c(c(C)c1Cl)C(=O)C(=Cc1ccc(O)cc1)O2. The Hall–Kier alpha value is -2.26. The van der Waals surface area contributed by atoms with Gasteiger partial charge in [0, 0.05) is 5.02 Å². The fourth-order valence-corrected chi connectivity index (χ4v) is 2.54. The second kappa shape index (κ2) is 4.93. The summed E-state index contributed by atoms with van der Waals surface area (Å²) in [6.45, 7) is 3.70. The average molecular weight is 301 g/mol. The van der Waals surface area contributed by atoms with Crippen molar-refractivity contribution in [3.05, 3.63) is 63.4 Å². The summed E-state index contributed by atoms with van der Waals surface area (Å²) in [4.78, 5) is 12.5. The molecule has 0 saturated heterocycles. The van der Waals surface area contributed by atoms with E-state index in [0.29, 0.717) is 16.3 Å². The van der Waals surface area contributed by atoms with E-state index in [-0.39, 0.29) is 17.3 Å². The van der Waals surface area contributed by atoms with Crippen LogP contribution in [-0.4, -0.2) is 10.9 Å². The number of aromatic hydroxyl groups is 1. The second-order valence-corrected chi connectivity index (χ2v) is 5.41. The lowest BCUT2D eigenvalue weighted by atomic mass is 10.0. The number of aryl methyl sites for hydroxylation is 1. The van der Waals surface area contributed by atoms with Gasteiger partial charge in [0.1, 0.15) is 11.5 Å². The molecule has 3 nitrogen and oxygen atoms in total. The van der Waals surface area contributed by atoms with Crippen LogP contribution in [0.1, 0.15) is 27.0 Å². The van der Waals surface area contributed by atoms with Crippen molar-refractivity contribution in [1.82, 2.24) is 0 Å². The second-order valence-electron chi connectivity index (χ2n) is 5.04. The molecular formula is C17H13ClO3. The minimum atomic E-state index is -0.169. The molecule has 1 heterocycles. The first-order valence-corrected chi connectivity index (χ1v) is 6.88. The van der Waals surface area contributed by atoms with Crippen LogP contribution < -0.4 is 4.74 Å². The first kappa shape index (κ1) is 13.7. The summed E-state index contributed by atoms with van der Waals surface area (Å²) < 4.78 is 5.66. The zero-order valence-electron chi connectivity index (χ0n) is 11.6. The number of hydrogen-bond donors (Lipinski definition) is 1. The van der Waals surface area contributed by atoms with Crippen LogP contribution in [0.25, 0.3) is 6.08 Å². The molecule has 0 unspecified atom stereocenters. The molecule has 2 aromatic rings. The molecule has 0 aromatic heterocycles. The molecule has 2 aromatic carbocycles. The van der Waals surface area contributed by atoms with Crippen molar-refractivity contribution >= 4 is 23.5 Å². The first-order chi connectivity index (χ1) is 9.97. The highest BCUT2D eigenvalue weighted by Gasteiger charge is 2.30. The minimum Gasteiger partial charge on any atom is -0.508 e. The maximum Gasteiger partial charge on any atom is 0.232 e. The van der Waals surface area contributed by atoms with E-state index in [9.17, 15) is 9.90 Å². The Morgan fingerprint density at radius 2 is 1.86 bits per heavy atom.